The predicted octanol–water partition coefficient (Wildman–Crippen LogP) is 3.45. The minimum atomic E-state index is -0.0390. The van der Waals surface area contributed by atoms with Crippen LogP contribution in [0.15, 0.2) is 59.5 Å². The van der Waals surface area contributed by atoms with Gasteiger partial charge in [-0.2, -0.15) is 0 Å². The summed E-state index contributed by atoms with van der Waals surface area (Å²) in [6.07, 6.45) is 0.789. The zero-order valence-corrected chi connectivity index (χ0v) is 13.6. The molecule has 1 amide bonds. The van der Waals surface area contributed by atoms with Crippen LogP contribution in [0.2, 0.25) is 0 Å². The van der Waals surface area contributed by atoms with E-state index in [2.05, 4.69) is 17.4 Å². The fourth-order valence-corrected chi connectivity index (χ4v) is 2.83. The second-order valence-corrected chi connectivity index (χ2v) is 6.37. The van der Waals surface area contributed by atoms with E-state index in [-0.39, 0.29) is 11.9 Å². The zero-order chi connectivity index (χ0) is 15.8. The molecule has 0 saturated heterocycles. The maximum atomic E-state index is 12.0. The highest BCUT2D eigenvalue weighted by molar-refractivity contribution is 7.98. The molecule has 1 unspecified atom stereocenters. The molecule has 0 fully saturated rings. The van der Waals surface area contributed by atoms with Gasteiger partial charge in [-0.3, -0.25) is 4.79 Å². The van der Waals surface area contributed by atoms with Crippen LogP contribution in [-0.2, 0) is 5.75 Å². The van der Waals surface area contributed by atoms with Gasteiger partial charge in [-0.25, -0.2) is 0 Å². The Morgan fingerprint density at radius 2 is 1.82 bits per heavy atom. The van der Waals surface area contributed by atoms with Gasteiger partial charge in [-0.05, 0) is 43.2 Å². The lowest BCUT2D eigenvalue weighted by Gasteiger charge is -2.08. The van der Waals surface area contributed by atoms with E-state index >= 15 is 0 Å². The van der Waals surface area contributed by atoms with Crippen molar-refractivity contribution in [2.24, 2.45) is 5.73 Å². The molecule has 4 heteroatoms. The average molecular weight is 314 g/mol. The van der Waals surface area contributed by atoms with Crippen molar-refractivity contribution in [1.29, 1.82) is 0 Å². The number of carbonyl (C=O) groups is 1. The molecule has 0 aliphatic rings. The normalized spacial score (nSPS) is 11.9. The largest absolute Gasteiger partial charge is 0.352 e. The van der Waals surface area contributed by atoms with Crippen LogP contribution in [0.25, 0.3) is 0 Å². The van der Waals surface area contributed by atoms with Crippen LogP contribution in [0, 0.1) is 0 Å². The molecule has 1 atom stereocenters. The fraction of sp³-hybridized carbons (Fsp3) is 0.278. The van der Waals surface area contributed by atoms with Crippen molar-refractivity contribution >= 4 is 17.7 Å². The van der Waals surface area contributed by atoms with Gasteiger partial charge in [-0.1, -0.05) is 30.3 Å². The number of hydrogen-bond acceptors (Lipinski definition) is 3. The quantitative estimate of drug-likeness (QED) is 0.770. The molecule has 2 aromatic rings. The lowest BCUT2D eigenvalue weighted by atomic mass is 10.1. The van der Waals surface area contributed by atoms with Gasteiger partial charge in [-0.15, -0.1) is 11.8 Å². The number of benzene rings is 2. The van der Waals surface area contributed by atoms with E-state index in [0.29, 0.717) is 12.1 Å². The highest BCUT2D eigenvalue weighted by Crippen LogP contribution is 2.22. The highest BCUT2D eigenvalue weighted by Gasteiger charge is 2.05. The molecule has 0 heterocycles. The van der Waals surface area contributed by atoms with Crippen molar-refractivity contribution in [3.8, 4) is 0 Å². The zero-order valence-electron chi connectivity index (χ0n) is 12.8. The Morgan fingerprint density at radius 3 is 2.45 bits per heavy atom. The lowest BCUT2D eigenvalue weighted by molar-refractivity contribution is 0.0953. The predicted molar refractivity (Wildman–Crippen MR) is 93.0 cm³/mol. The third-order valence-corrected chi connectivity index (χ3v) is 4.33. The number of hydrogen-bond donors (Lipinski definition) is 2. The van der Waals surface area contributed by atoms with Crippen LogP contribution in [0.1, 0.15) is 29.3 Å². The Kier molecular flexibility index (Phi) is 6.49. The summed E-state index contributed by atoms with van der Waals surface area (Å²) < 4.78 is 0. The average Bonchev–Trinajstić information content (AvgIpc) is 2.54. The number of carbonyl (C=O) groups excluding carboxylic acids is 1. The molecule has 22 heavy (non-hydrogen) atoms. The summed E-state index contributed by atoms with van der Waals surface area (Å²) in [6, 6.07) is 18.2. The molecule has 3 nitrogen and oxygen atoms in total. The molecule has 2 rings (SSSR count). The second-order valence-electron chi connectivity index (χ2n) is 5.32. The Hall–Kier alpha value is -1.78. The molecule has 116 valence electrons. The third-order valence-electron chi connectivity index (χ3n) is 3.25. The lowest BCUT2D eigenvalue weighted by Crippen LogP contribution is -2.28. The fourth-order valence-electron chi connectivity index (χ4n) is 1.95. The van der Waals surface area contributed by atoms with E-state index in [1.807, 2.05) is 49.4 Å². The van der Waals surface area contributed by atoms with Crippen molar-refractivity contribution in [3.63, 3.8) is 0 Å². The van der Waals surface area contributed by atoms with Gasteiger partial charge in [0.25, 0.3) is 5.91 Å². The second kappa shape index (κ2) is 8.61. The SMILES string of the molecule is CC(N)CCNC(=O)c1ccc(CSc2ccccc2)cc1. The first kappa shape index (κ1) is 16.6. The Bertz CT molecular complexity index is 582. The molecule has 3 N–H and O–H groups in total. The number of thioether (sulfide) groups is 1. The van der Waals surface area contributed by atoms with Crippen LogP contribution < -0.4 is 11.1 Å². The first-order valence-electron chi connectivity index (χ1n) is 7.46. The smallest absolute Gasteiger partial charge is 0.251 e. The summed E-state index contributed by atoms with van der Waals surface area (Å²) in [5, 5.41) is 2.88. The number of nitrogens with one attached hydrogen (secondary N) is 1. The Labute approximate surface area is 136 Å². The molecule has 0 aliphatic heterocycles. The Morgan fingerprint density at radius 1 is 1.14 bits per heavy atom. The number of nitrogens with two attached hydrogens (primary N) is 1. The maximum absolute atomic E-state index is 12.0. The monoisotopic (exact) mass is 314 g/mol. The van der Waals surface area contributed by atoms with Crippen LogP contribution in [-0.4, -0.2) is 18.5 Å². The standard InChI is InChI=1S/C18H22N2OS/c1-14(19)11-12-20-18(21)16-9-7-15(8-10-16)13-22-17-5-3-2-4-6-17/h2-10,14H,11-13,19H2,1H3,(H,20,21). The van der Waals surface area contributed by atoms with Crippen LogP contribution in [0.4, 0.5) is 0 Å². The first-order chi connectivity index (χ1) is 10.6. The maximum Gasteiger partial charge on any atom is 0.251 e. The van der Waals surface area contributed by atoms with Crippen molar-refractivity contribution in [1.82, 2.24) is 5.32 Å². The summed E-state index contributed by atoms with van der Waals surface area (Å²) in [6.45, 7) is 2.55. The summed E-state index contributed by atoms with van der Waals surface area (Å²) in [5.41, 5.74) is 7.57. The van der Waals surface area contributed by atoms with E-state index < -0.39 is 0 Å². The van der Waals surface area contributed by atoms with Crippen LogP contribution in [0.3, 0.4) is 0 Å². The summed E-state index contributed by atoms with van der Waals surface area (Å²) >= 11 is 1.79. The van der Waals surface area contributed by atoms with E-state index in [4.69, 9.17) is 5.73 Å². The topological polar surface area (TPSA) is 55.1 Å². The van der Waals surface area contributed by atoms with Crippen LogP contribution in [0.5, 0.6) is 0 Å². The van der Waals surface area contributed by atoms with Gasteiger partial charge in [0.05, 0.1) is 0 Å². The summed E-state index contributed by atoms with van der Waals surface area (Å²) in [4.78, 5) is 13.2. The van der Waals surface area contributed by atoms with E-state index in [9.17, 15) is 4.79 Å². The van der Waals surface area contributed by atoms with Crippen molar-refractivity contribution in [3.05, 3.63) is 65.7 Å². The van der Waals surface area contributed by atoms with Gasteiger partial charge in [0.2, 0.25) is 0 Å². The first-order valence-corrected chi connectivity index (χ1v) is 8.44. The molecule has 0 aromatic heterocycles. The van der Waals surface area contributed by atoms with Gasteiger partial charge < -0.3 is 11.1 Å². The van der Waals surface area contributed by atoms with Crippen molar-refractivity contribution in [2.75, 3.05) is 6.54 Å². The number of amides is 1. The van der Waals surface area contributed by atoms with Gasteiger partial charge in [0, 0.05) is 28.8 Å². The molecule has 0 saturated carbocycles. The molecular weight excluding hydrogens is 292 g/mol. The van der Waals surface area contributed by atoms with Crippen molar-refractivity contribution in [2.45, 2.75) is 30.0 Å². The van der Waals surface area contributed by atoms with E-state index in [1.165, 1.54) is 10.5 Å². The minimum Gasteiger partial charge on any atom is -0.352 e. The molecule has 0 aliphatic carbocycles. The highest BCUT2D eigenvalue weighted by atomic mass is 32.2. The molecule has 0 radical (unpaired) electrons. The minimum absolute atomic E-state index is 0.0390. The van der Waals surface area contributed by atoms with E-state index in [1.54, 1.807) is 11.8 Å². The number of rotatable bonds is 7. The molecular formula is C18H22N2OS. The van der Waals surface area contributed by atoms with Crippen LogP contribution >= 0.6 is 11.8 Å². The molecule has 0 spiro atoms. The molecule has 0 bridgehead atoms. The third kappa shape index (κ3) is 5.54. The summed E-state index contributed by atoms with van der Waals surface area (Å²) in [7, 11) is 0. The van der Waals surface area contributed by atoms with Gasteiger partial charge in [0.15, 0.2) is 0 Å². The molecule has 2 aromatic carbocycles. The van der Waals surface area contributed by atoms with Gasteiger partial charge >= 0.3 is 0 Å². The Balaban J connectivity index is 1.83. The van der Waals surface area contributed by atoms with Crippen molar-refractivity contribution < 1.29 is 4.79 Å². The van der Waals surface area contributed by atoms with E-state index in [0.717, 1.165) is 12.2 Å². The summed E-state index contributed by atoms with van der Waals surface area (Å²) in [5.74, 6) is 0.860. The van der Waals surface area contributed by atoms with Gasteiger partial charge in [0.1, 0.15) is 0 Å².